The Balaban J connectivity index is 2.03. The van der Waals surface area contributed by atoms with Crippen molar-refractivity contribution < 1.29 is 9.84 Å². The molecule has 0 amide bonds. The van der Waals surface area contributed by atoms with Gasteiger partial charge in [-0.25, -0.2) is 0 Å². The van der Waals surface area contributed by atoms with E-state index in [1.807, 2.05) is 12.1 Å². The van der Waals surface area contributed by atoms with E-state index in [4.69, 9.17) is 4.74 Å². The van der Waals surface area contributed by atoms with Crippen LogP contribution in [0.5, 0.6) is 0 Å². The van der Waals surface area contributed by atoms with Crippen molar-refractivity contribution in [3.63, 3.8) is 0 Å². The van der Waals surface area contributed by atoms with E-state index in [1.54, 1.807) is 12.4 Å². The fraction of sp³-hybridized carbons (Fsp3) is 0.643. The summed E-state index contributed by atoms with van der Waals surface area (Å²) in [6.45, 7) is 6.30. The molecule has 1 fully saturated rings. The Morgan fingerprint density at radius 1 is 1.24 bits per heavy atom. The minimum Gasteiger partial charge on any atom is -0.392 e. The highest BCUT2D eigenvalue weighted by atomic mass is 16.5. The van der Waals surface area contributed by atoms with E-state index in [-0.39, 0.29) is 24.2 Å². The van der Waals surface area contributed by atoms with Crippen molar-refractivity contribution in [3.05, 3.63) is 30.1 Å². The zero-order chi connectivity index (χ0) is 12.4. The van der Waals surface area contributed by atoms with Crippen molar-refractivity contribution in [3.8, 4) is 0 Å². The van der Waals surface area contributed by atoms with Gasteiger partial charge in [0.15, 0.2) is 0 Å². The van der Waals surface area contributed by atoms with Crippen LogP contribution in [0.25, 0.3) is 0 Å². The third-order valence-corrected chi connectivity index (χ3v) is 3.96. The molecule has 5 unspecified atom stereocenters. The van der Waals surface area contributed by atoms with Crippen molar-refractivity contribution in [2.75, 3.05) is 0 Å². The summed E-state index contributed by atoms with van der Waals surface area (Å²) < 4.78 is 5.77. The summed E-state index contributed by atoms with van der Waals surface area (Å²) in [5.41, 5.74) is 1.13. The summed E-state index contributed by atoms with van der Waals surface area (Å²) in [6.07, 6.45) is 4.25. The van der Waals surface area contributed by atoms with Crippen molar-refractivity contribution in [2.24, 2.45) is 11.8 Å². The van der Waals surface area contributed by atoms with Crippen LogP contribution in [-0.2, 0) is 11.2 Å². The first-order valence-corrected chi connectivity index (χ1v) is 6.32. The quantitative estimate of drug-likeness (QED) is 0.872. The zero-order valence-electron chi connectivity index (χ0n) is 10.7. The van der Waals surface area contributed by atoms with Crippen molar-refractivity contribution >= 4 is 0 Å². The minimum atomic E-state index is -0.340. The van der Waals surface area contributed by atoms with Crippen molar-refractivity contribution in [2.45, 2.75) is 45.5 Å². The predicted octanol–water partition coefficient (Wildman–Crippen LogP) is 2.04. The Hall–Kier alpha value is -0.930. The summed E-state index contributed by atoms with van der Waals surface area (Å²) in [4.78, 5) is 3.99. The van der Waals surface area contributed by atoms with E-state index < -0.39 is 0 Å². The van der Waals surface area contributed by atoms with Gasteiger partial charge >= 0.3 is 0 Å². The van der Waals surface area contributed by atoms with Crippen LogP contribution in [0.2, 0.25) is 0 Å². The molecule has 0 aromatic carbocycles. The van der Waals surface area contributed by atoms with Crippen molar-refractivity contribution in [1.29, 1.82) is 0 Å². The molecule has 0 spiro atoms. The second kappa shape index (κ2) is 5.15. The molecule has 2 rings (SSSR count). The van der Waals surface area contributed by atoms with E-state index in [0.717, 1.165) is 5.56 Å². The molecule has 1 aliphatic rings. The van der Waals surface area contributed by atoms with Crippen LogP contribution in [0, 0.1) is 11.8 Å². The SMILES string of the molecule is CC1OC(C)C(C(O)Cc2ccncc2)C1C. The number of hydrogen-bond acceptors (Lipinski definition) is 3. The minimum absolute atomic E-state index is 0.136. The number of nitrogens with zero attached hydrogens (tertiary/aromatic N) is 1. The second-order valence-electron chi connectivity index (χ2n) is 5.11. The highest BCUT2D eigenvalue weighted by molar-refractivity contribution is 5.11. The molecule has 1 N–H and O–H groups in total. The van der Waals surface area contributed by atoms with E-state index in [1.165, 1.54) is 0 Å². The van der Waals surface area contributed by atoms with Crippen LogP contribution < -0.4 is 0 Å². The summed E-state index contributed by atoms with van der Waals surface area (Å²) in [5.74, 6) is 0.625. The molecular formula is C14H21NO2. The third kappa shape index (κ3) is 2.67. The van der Waals surface area contributed by atoms with E-state index >= 15 is 0 Å². The van der Waals surface area contributed by atoms with Crippen LogP contribution in [-0.4, -0.2) is 28.4 Å². The first-order valence-electron chi connectivity index (χ1n) is 6.32. The fourth-order valence-corrected chi connectivity index (χ4v) is 2.85. The Kier molecular flexibility index (Phi) is 3.79. The highest BCUT2D eigenvalue weighted by Gasteiger charge is 2.40. The van der Waals surface area contributed by atoms with Crippen LogP contribution in [0.15, 0.2) is 24.5 Å². The molecule has 1 aromatic rings. The van der Waals surface area contributed by atoms with Crippen LogP contribution in [0.3, 0.4) is 0 Å². The average Bonchev–Trinajstić information content (AvgIpc) is 2.54. The van der Waals surface area contributed by atoms with Crippen molar-refractivity contribution in [1.82, 2.24) is 4.98 Å². The standard InChI is InChI=1S/C14H21NO2/c1-9-10(2)17-11(3)14(9)13(16)8-12-4-6-15-7-5-12/h4-7,9-11,13-14,16H,8H2,1-3H3. The molecule has 1 aliphatic heterocycles. The van der Waals surface area contributed by atoms with Gasteiger partial charge in [0.05, 0.1) is 18.3 Å². The van der Waals surface area contributed by atoms with Gasteiger partial charge in [-0.3, -0.25) is 4.98 Å². The third-order valence-electron chi connectivity index (χ3n) is 3.96. The molecule has 1 aromatic heterocycles. The molecule has 94 valence electrons. The molecular weight excluding hydrogens is 214 g/mol. The molecule has 3 nitrogen and oxygen atoms in total. The van der Waals surface area contributed by atoms with Gasteiger partial charge in [0.1, 0.15) is 0 Å². The van der Waals surface area contributed by atoms with Gasteiger partial charge in [-0.2, -0.15) is 0 Å². The topological polar surface area (TPSA) is 42.4 Å². The lowest BCUT2D eigenvalue weighted by molar-refractivity contribution is 0.0240. The van der Waals surface area contributed by atoms with Gasteiger partial charge in [-0.1, -0.05) is 6.92 Å². The first kappa shape index (κ1) is 12.5. The molecule has 0 bridgehead atoms. The molecule has 0 aliphatic carbocycles. The number of aliphatic hydroxyl groups is 1. The number of hydrogen-bond donors (Lipinski definition) is 1. The zero-order valence-corrected chi connectivity index (χ0v) is 10.7. The Morgan fingerprint density at radius 2 is 1.88 bits per heavy atom. The average molecular weight is 235 g/mol. The van der Waals surface area contributed by atoms with Gasteiger partial charge in [0.2, 0.25) is 0 Å². The summed E-state index contributed by atoms with van der Waals surface area (Å²) in [7, 11) is 0. The highest BCUT2D eigenvalue weighted by Crippen LogP contribution is 2.35. The smallest absolute Gasteiger partial charge is 0.0636 e. The Morgan fingerprint density at radius 3 is 2.41 bits per heavy atom. The van der Waals surface area contributed by atoms with Gasteiger partial charge in [0.25, 0.3) is 0 Å². The van der Waals surface area contributed by atoms with Crippen LogP contribution in [0.4, 0.5) is 0 Å². The van der Waals surface area contributed by atoms with Crippen LogP contribution in [0.1, 0.15) is 26.3 Å². The van der Waals surface area contributed by atoms with E-state index in [9.17, 15) is 5.11 Å². The number of rotatable bonds is 3. The lowest BCUT2D eigenvalue weighted by Crippen LogP contribution is -2.32. The molecule has 2 heterocycles. The summed E-state index contributed by atoms with van der Waals surface area (Å²) in [5, 5.41) is 10.4. The molecule has 1 saturated heterocycles. The molecule has 17 heavy (non-hydrogen) atoms. The largest absolute Gasteiger partial charge is 0.392 e. The van der Waals surface area contributed by atoms with Gasteiger partial charge in [0, 0.05) is 18.3 Å². The Labute approximate surface area is 103 Å². The monoisotopic (exact) mass is 235 g/mol. The number of aliphatic hydroxyl groups excluding tert-OH is 1. The van der Waals surface area contributed by atoms with Crippen LogP contribution >= 0.6 is 0 Å². The lowest BCUT2D eigenvalue weighted by atomic mass is 9.83. The Bertz CT molecular complexity index is 354. The number of pyridine rings is 1. The molecule has 3 heteroatoms. The molecule has 5 atom stereocenters. The van der Waals surface area contributed by atoms with E-state index in [2.05, 4.69) is 25.8 Å². The van der Waals surface area contributed by atoms with Gasteiger partial charge in [-0.15, -0.1) is 0 Å². The normalized spacial score (nSPS) is 34.8. The molecule has 0 saturated carbocycles. The second-order valence-corrected chi connectivity index (χ2v) is 5.11. The first-order chi connectivity index (χ1) is 8.09. The number of ether oxygens (including phenoxy) is 1. The molecule has 0 radical (unpaired) electrons. The summed E-state index contributed by atoms with van der Waals surface area (Å²) >= 11 is 0. The summed E-state index contributed by atoms with van der Waals surface area (Å²) in [6, 6.07) is 3.91. The van der Waals surface area contributed by atoms with E-state index in [0.29, 0.717) is 12.3 Å². The maximum Gasteiger partial charge on any atom is 0.0636 e. The predicted molar refractivity (Wildman–Crippen MR) is 66.6 cm³/mol. The number of aromatic nitrogens is 1. The maximum atomic E-state index is 10.4. The maximum absolute atomic E-state index is 10.4. The van der Waals surface area contributed by atoms with Gasteiger partial charge in [-0.05, 0) is 43.9 Å². The fourth-order valence-electron chi connectivity index (χ4n) is 2.85. The lowest BCUT2D eigenvalue weighted by Gasteiger charge is -2.24. The van der Waals surface area contributed by atoms with Gasteiger partial charge < -0.3 is 9.84 Å².